The summed E-state index contributed by atoms with van der Waals surface area (Å²) >= 11 is 0. The first-order valence-corrected chi connectivity index (χ1v) is 17.1. The van der Waals surface area contributed by atoms with Gasteiger partial charge in [-0.05, 0) is 67.1 Å². The number of imide groups is 2. The summed E-state index contributed by atoms with van der Waals surface area (Å²) < 4.78 is 17.7. The van der Waals surface area contributed by atoms with Crippen LogP contribution in [0.4, 0.5) is 5.69 Å². The molecule has 0 aliphatic carbocycles. The summed E-state index contributed by atoms with van der Waals surface area (Å²) in [6, 6.07) is 24.4. The normalized spacial score (nSPS) is 15.4. The smallest absolute Gasteiger partial charge is 0.264 e. The Morgan fingerprint density at radius 2 is 1.53 bits per heavy atom. The Kier molecular flexibility index (Phi) is 11.0. The van der Waals surface area contributed by atoms with E-state index in [-0.39, 0.29) is 24.0 Å². The van der Waals surface area contributed by atoms with Crippen molar-refractivity contribution in [2.24, 2.45) is 0 Å². The van der Waals surface area contributed by atoms with Crippen LogP contribution in [0.25, 0.3) is 11.1 Å². The zero-order valence-corrected chi connectivity index (χ0v) is 29.0. The molecule has 1 fully saturated rings. The molecule has 11 heteroatoms. The number of fused-ring (bicyclic) bond motifs is 1. The van der Waals surface area contributed by atoms with Gasteiger partial charge in [-0.1, -0.05) is 54.6 Å². The summed E-state index contributed by atoms with van der Waals surface area (Å²) in [4.78, 5) is 51.4. The molecule has 2 heterocycles. The van der Waals surface area contributed by atoms with E-state index in [0.29, 0.717) is 42.6 Å². The number of nitrogens with zero attached hydrogens (tertiary/aromatic N) is 1. The van der Waals surface area contributed by atoms with Crippen molar-refractivity contribution < 1.29 is 33.4 Å². The molecule has 2 aliphatic rings. The van der Waals surface area contributed by atoms with E-state index in [2.05, 4.69) is 53.2 Å². The molecule has 6 rings (SSSR count). The minimum Gasteiger partial charge on any atom is -0.496 e. The molecule has 264 valence electrons. The molecule has 3 N–H and O–H groups in total. The van der Waals surface area contributed by atoms with Gasteiger partial charge in [0.05, 0.1) is 30.9 Å². The monoisotopic (exact) mass is 690 g/mol. The predicted molar refractivity (Wildman–Crippen MR) is 193 cm³/mol. The van der Waals surface area contributed by atoms with Gasteiger partial charge in [-0.15, -0.1) is 0 Å². The minimum atomic E-state index is -0.998. The predicted octanol–water partition coefficient (Wildman–Crippen LogP) is 5.64. The van der Waals surface area contributed by atoms with E-state index >= 15 is 0 Å². The SMILES string of the molecule is COc1cc(OCc2cccc(-c3ccccc3)c2C)cc(OC)c1CNCCCCNc1cccc2c1C(=O)N(C1CCC(=O)NC1=O)C2=O. The van der Waals surface area contributed by atoms with Crippen molar-refractivity contribution in [3.63, 3.8) is 0 Å². The van der Waals surface area contributed by atoms with Crippen molar-refractivity contribution in [1.29, 1.82) is 0 Å². The van der Waals surface area contributed by atoms with E-state index in [4.69, 9.17) is 14.2 Å². The summed E-state index contributed by atoms with van der Waals surface area (Å²) in [5, 5.41) is 8.98. The largest absolute Gasteiger partial charge is 0.496 e. The lowest BCUT2D eigenvalue weighted by molar-refractivity contribution is -0.136. The summed E-state index contributed by atoms with van der Waals surface area (Å²) in [7, 11) is 3.26. The molecule has 0 saturated carbocycles. The van der Waals surface area contributed by atoms with Crippen LogP contribution in [0, 0.1) is 6.92 Å². The van der Waals surface area contributed by atoms with Crippen LogP contribution in [0.2, 0.25) is 0 Å². The third-order valence-electron chi connectivity index (χ3n) is 9.37. The first-order valence-electron chi connectivity index (χ1n) is 17.1. The van der Waals surface area contributed by atoms with Crippen molar-refractivity contribution >= 4 is 29.3 Å². The van der Waals surface area contributed by atoms with Gasteiger partial charge in [0, 0.05) is 37.3 Å². The molecule has 0 spiro atoms. The van der Waals surface area contributed by atoms with Gasteiger partial charge in [-0.2, -0.15) is 0 Å². The number of anilines is 1. The van der Waals surface area contributed by atoms with E-state index in [1.807, 2.05) is 30.3 Å². The standard InChI is InChI=1S/C40H42N4O7/c1-25-27(13-9-14-29(25)26-11-5-4-6-12-26)24-51-28-21-34(49-2)31(35(22-28)50-3)23-41-19-7-8-20-42-32-16-10-15-30-37(32)40(48)44(39(30)47)33-17-18-36(45)43-38(33)46/h4-6,9-16,21-22,33,41-42H,7-8,17-20,23-24H2,1-3H3,(H,43,45,46). The van der Waals surface area contributed by atoms with Gasteiger partial charge < -0.3 is 24.8 Å². The molecular formula is C40H42N4O7. The number of amides is 4. The molecule has 1 unspecified atom stereocenters. The fourth-order valence-electron chi connectivity index (χ4n) is 6.62. The first-order chi connectivity index (χ1) is 24.8. The molecule has 0 aromatic heterocycles. The van der Waals surface area contributed by atoms with Gasteiger partial charge >= 0.3 is 0 Å². The molecule has 0 bridgehead atoms. The van der Waals surface area contributed by atoms with Gasteiger partial charge in [-0.25, -0.2) is 0 Å². The number of methoxy groups -OCH3 is 2. The summed E-state index contributed by atoms with van der Waals surface area (Å²) in [5.74, 6) is -0.103. The second-order valence-corrected chi connectivity index (χ2v) is 12.5. The van der Waals surface area contributed by atoms with Crippen molar-refractivity contribution in [1.82, 2.24) is 15.5 Å². The van der Waals surface area contributed by atoms with Crippen LogP contribution < -0.4 is 30.2 Å². The summed E-state index contributed by atoms with van der Waals surface area (Å²) in [5.41, 5.74) is 6.56. The van der Waals surface area contributed by atoms with Crippen LogP contribution in [0.1, 0.15) is 63.1 Å². The zero-order valence-electron chi connectivity index (χ0n) is 29.0. The molecule has 1 saturated heterocycles. The van der Waals surface area contributed by atoms with Crippen molar-refractivity contribution in [2.45, 2.75) is 51.8 Å². The highest BCUT2D eigenvalue weighted by Gasteiger charge is 2.45. The molecular weight excluding hydrogens is 648 g/mol. The number of benzene rings is 4. The fraction of sp³-hybridized carbons (Fsp3) is 0.300. The van der Waals surface area contributed by atoms with Crippen LogP contribution in [0.5, 0.6) is 17.2 Å². The molecule has 0 radical (unpaired) electrons. The van der Waals surface area contributed by atoms with Crippen molar-refractivity contribution in [3.8, 4) is 28.4 Å². The lowest BCUT2D eigenvalue weighted by atomic mass is 9.97. The highest BCUT2D eigenvalue weighted by atomic mass is 16.5. The van der Waals surface area contributed by atoms with E-state index in [9.17, 15) is 19.2 Å². The van der Waals surface area contributed by atoms with Crippen molar-refractivity contribution in [3.05, 3.63) is 107 Å². The number of nitrogens with one attached hydrogen (secondary N) is 3. The number of hydrogen-bond acceptors (Lipinski definition) is 9. The quantitative estimate of drug-likeness (QED) is 0.107. The second-order valence-electron chi connectivity index (χ2n) is 12.5. The molecule has 4 aromatic rings. The average molecular weight is 691 g/mol. The highest BCUT2D eigenvalue weighted by Crippen LogP contribution is 2.35. The lowest BCUT2D eigenvalue weighted by Gasteiger charge is -2.27. The highest BCUT2D eigenvalue weighted by molar-refractivity contribution is 6.25. The minimum absolute atomic E-state index is 0.0767. The maximum atomic E-state index is 13.3. The van der Waals surface area contributed by atoms with E-state index in [0.717, 1.165) is 35.4 Å². The van der Waals surface area contributed by atoms with Crippen LogP contribution in [0.15, 0.2) is 78.9 Å². The molecule has 4 aromatic carbocycles. The number of rotatable bonds is 15. The summed E-state index contributed by atoms with van der Waals surface area (Å²) in [6.07, 6.45) is 1.82. The summed E-state index contributed by atoms with van der Waals surface area (Å²) in [6.45, 7) is 4.33. The fourth-order valence-corrected chi connectivity index (χ4v) is 6.62. The number of piperidine rings is 1. The van der Waals surface area contributed by atoms with E-state index in [1.54, 1.807) is 32.4 Å². The van der Waals surface area contributed by atoms with Gasteiger partial charge in [0.2, 0.25) is 11.8 Å². The Bertz CT molecular complexity index is 1920. The van der Waals surface area contributed by atoms with Gasteiger partial charge in [0.1, 0.15) is 29.9 Å². The molecule has 51 heavy (non-hydrogen) atoms. The third kappa shape index (κ3) is 7.58. The maximum Gasteiger partial charge on any atom is 0.264 e. The average Bonchev–Trinajstić information content (AvgIpc) is 3.40. The Balaban J connectivity index is 0.999. The number of hydrogen-bond donors (Lipinski definition) is 3. The Morgan fingerprint density at radius 1 is 0.824 bits per heavy atom. The second kappa shape index (κ2) is 15.9. The number of ether oxygens (including phenoxy) is 3. The van der Waals surface area contributed by atoms with Crippen LogP contribution in [0.3, 0.4) is 0 Å². The molecule has 2 aliphatic heterocycles. The lowest BCUT2D eigenvalue weighted by Crippen LogP contribution is -2.54. The Morgan fingerprint density at radius 3 is 2.25 bits per heavy atom. The number of carbonyl (C=O) groups excluding carboxylic acids is 4. The van der Waals surface area contributed by atoms with Gasteiger partial charge in [0.25, 0.3) is 11.8 Å². The molecule has 11 nitrogen and oxygen atoms in total. The van der Waals surface area contributed by atoms with Crippen LogP contribution in [-0.2, 0) is 22.7 Å². The van der Waals surface area contributed by atoms with Gasteiger partial charge in [0.15, 0.2) is 0 Å². The Hall–Kier alpha value is -5.68. The van der Waals surface area contributed by atoms with E-state index < -0.39 is 29.7 Å². The molecule has 4 amide bonds. The number of unbranched alkanes of at least 4 members (excludes halogenated alkanes) is 1. The van der Waals surface area contributed by atoms with Crippen LogP contribution >= 0.6 is 0 Å². The third-order valence-corrected chi connectivity index (χ3v) is 9.37. The Labute approximate surface area is 297 Å². The first kappa shape index (κ1) is 35.2. The van der Waals surface area contributed by atoms with Gasteiger partial charge in [-0.3, -0.25) is 29.4 Å². The zero-order chi connectivity index (χ0) is 35.9. The van der Waals surface area contributed by atoms with Crippen molar-refractivity contribution in [2.75, 3.05) is 32.6 Å². The van der Waals surface area contributed by atoms with E-state index in [1.165, 1.54) is 16.7 Å². The topological polar surface area (TPSA) is 135 Å². The number of carbonyl (C=O) groups is 4. The molecule has 1 atom stereocenters. The maximum absolute atomic E-state index is 13.3. The van der Waals surface area contributed by atoms with Crippen LogP contribution in [-0.4, -0.2) is 61.9 Å².